The number of Topliss-reactive ketones (excluding diaryl/α,β-unsaturated/α-hetero) is 1. The lowest BCUT2D eigenvalue weighted by Gasteiger charge is -2.47. The van der Waals surface area contributed by atoms with Gasteiger partial charge in [0.2, 0.25) is 5.91 Å². The van der Waals surface area contributed by atoms with Crippen LogP contribution >= 0.6 is 0 Å². The van der Waals surface area contributed by atoms with Gasteiger partial charge in [-0.3, -0.25) is 19.3 Å². The Hall–Kier alpha value is -1.63. The van der Waals surface area contributed by atoms with E-state index in [2.05, 4.69) is 32.7 Å². The number of likely N-dealkylation sites (tertiary alicyclic amines) is 1. The van der Waals surface area contributed by atoms with Crippen molar-refractivity contribution >= 4 is 17.7 Å². The van der Waals surface area contributed by atoms with Crippen molar-refractivity contribution in [1.82, 2.24) is 14.7 Å². The Balaban J connectivity index is 1.87. The molecule has 284 valence electrons. The first-order chi connectivity index (χ1) is 22.8. The number of likely N-dealkylation sites (N-methyl/N-ethyl adjacent to an activating group) is 2. The van der Waals surface area contributed by atoms with Gasteiger partial charge in [-0.25, -0.2) is 0 Å². The van der Waals surface area contributed by atoms with E-state index in [4.69, 9.17) is 18.9 Å². The predicted molar refractivity (Wildman–Crippen MR) is 190 cm³/mol. The number of carbonyl (C=O) groups is 3. The van der Waals surface area contributed by atoms with Crippen LogP contribution in [0.5, 0.6) is 0 Å². The standard InChI is InChI=1S/C38H69N3O8/c1-24(2)14-13-15-31(42)41-18-16-28(17-19-41)30-23-47-36(45)37(6,7)33(44)27(5)34(38(8,46-12)21-25(3)22-40(30)11)49-35-32(43)29(39(9)10)20-26(4)48-35/h24-30,32,34-35,43H,13-23H2,1-12H3/t25-,26-,27+,29+,30+,32-,34-,35+,38-/m1/s1. The molecule has 0 spiro atoms. The molecule has 3 aliphatic rings. The Bertz CT molecular complexity index is 1090. The lowest BCUT2D eigenvalue weighted by Crippen LogP contribution is -2.59. The number of methoxy groups -OCH3 is 1. The molecule has 3 saturated heterocycles. The van der Waals surface area contributed by atoms with Crippen LogP contribution in [0.4, 0.5) is 0 Å². The molecule has 0 saturated carbocycles. The summed E-state index contributed by atoms with van der Waals surface area (Å²) in [5.41, 5.74) is -2.40. The van der Waals surface area contributed by atoms with E-state index in [1.807, 2.05) is 37.7 Å². The van der Waals surface area contributed by atoms with Crippen LogP contribution in [0, 0.1) is 29.1 Å². The zero-order chi connectivity index (χ0) is 36.8. The van der Waals surface area contributed by atoms with Crippen LogP contribution < -0.4 is 0 Å². The van der Waals surface area contributed by atoms with E-state index in [1.54, 1.807) is 27.9 Å². The van der Waals surface area contributed by atoms with Gasteiger partial charge in [0.25, 0.3) is 0 Å². The summed E-state index contributed by atoms with van der Waals surface area (Å²) in [6.07, 6.45) is 2.52. The Labute approximate surface area is 296 Å². The number of piperidine rings is 1. The third kappa shape index (κ3) is 10.5. The molecule has 11 heteroatoms. The van der Waals surface area contributed by atoms with Crippen molar-refractivity contribution in [2.45, 2.75) is 143 Å². The van der Waals surface area contributed by atoms with Crippen LogP contribution in [-0.2, 0) is 33.3 Å². The largest absolute Gasteiger partial charge is 0.463 e. The normalized spacial score (nSPS) is 36.3. The average molecular weight is 696 g/mol. The van der Waals surface area contributed by atoms with Crippen molar-refractivity contribution in [3.05, 3.63) is 0 Å². The maximum atomic E-state index is 14.3. The number of rotatable bonds is 9. The number of amides is 1. The van der Waals surface area contributed by atoms with E-state index < -0.39 is 41.4 Å². The van der Waals surface area contributed by atoms with E-state index in [0.717, 1.165) is 25.7 Å². The van der Waals surface area contributed by atoms with Crippen LogP contribution in [0.25, 0.3) is 0 Å². The van der Waals surface area contributed by atoms with Gasteiger partial charge in [0.15, 0.2) is 12.1 Å². The summed E-state index contributed by atoms with van der Waals surface area (Å²) < 4.78 is 25.1. The third-order valence-electron chi connectivity index (χ3n) is 11.5. The molecule has 0 aromatic carbocycles. The summed E-state index contributed by atoms with van der Waals surface area (Å²) in [5, 5.41) is 11.4. The summed E-state index contributed by atoms with van der Waals surface area (Å²) in [7, 11) is 7.55. The second-order valence-electron chi connectivity index (χ2n) is 16.8. The van der Waals surface area contributed by atoms with Gasteiger partial charge >= 0.3 is 5.97 Å². The first-order valence-corrected chi connectivity index (χ1v) is 18.7. The van der Waals surface area contributed by atoms with Crippen LogP contribution in [-0.4, -0.2) is 134 Å². The highest BCUT2D eigenvalue weighted by molar-refractivity contribution is 6.04. The van der Waals surface area contributed by atoms with Crippen LogP contribution in [0.3, 0.4) is 0 Å². The fourth-order valence-electron chi connectivity index (χ4n) is 8.41. The van der Waals surface area contributed by atoms with E-state index in [-0.39, 0.29) is 48.3 Å². The molecule has 0 aromatic rings. The topological polar surface area (TPSA) is 118 Å². The maximum Gasteiger partial charge on any atom is 0.319 e. The van der Waals surface area contributed by atoms with Gasteiger partial charge in [0.05, 0.1) is 17.8 Å². The van der Waals surface area contributed by atoms with Crippen LogP contribution in [0.15, 0.2) is 0 Å². The molecule has 9 atom stereocenters. The molecule has 1 N–H and O–H groups in total. The van der Waals surface area contributed by atoms with E-state index in [1.165, 1.54) is 0 Å². The number of ether oxygens (including phenoxy) is 4. The predicted octanol–water partition coefficient (Wildman–Crippen LogP) is 4.38. The zero-order valence-corrected chi connectivity index (χ0v) is 32.7. The van der Waals surface area contributed by atoms with E-state index in [0.29, 0.717) is 44.8 Å². The van der Waals surface area contributed by atoms with Crippen molar-refractivity contribution in [1.29, 1.82) is 0 Å². The van der Waals surface area contributed by atoms with Crippen LogP contribution in [0.1, 0.15) is 100 Å². The van der Waals surface area contributed by atoms with Gasteiger partial charge in [-0.15, -0.1) is 0 Å². The van der Waals surface area contributed by atoms with Crippen molar-refractivity contribution < 1.29 is 38.4 Å². The summed E-state index contributed by atoms with van der Waals surface area (Å²) in [6, 6.07) is -0.251. The number of aliphatic hydroxyl groups is 1. The van der Waals surface area contributed by atoms with Gasteiger partial charge in [-0.1, -0.05) is 34.1 Å². The van der Waals surface area contributed by atoms with Gasteiger partial charge in [0, 0.05) is 51.2 Å². The molecule has 1 amide bonds. The molecular weight excluding hydrogens is 626 g/mol. The van der Waals surface area contributed by atoms with Crippen molar-refractivity contribution in [3.8, 4) is 0 Å². The lowest BCUT2D eigenvalue weighted by atomic mass is 9.74. The fourth-order valence-corrected chi connectivity index (χ4v) is 8.41. The Morgan fingerprint density at radius 3 is 2.31 bits per heavy atom. The van der Waals surface area contributed by atoms with Gasteiger partial charge in [-0.05, 0) is 98.7 Å². The first kappa shape index (κ1) is 41.8. The zero-order valence-electron chi connectivity index (χ0n) is 32.7. The second-order valence-corrected chi connectivity index (χ2v) is 16.8. The molecule has 0 unspecified atom stereocenters. The molecule has 0 aromatic heterocycles. The highest BCUT2D eigenvalue weighted by Gasteiger charge is 2.51. The van der Waals surface area contributed by atoms with Gasteiger partial charge in [0.1, 0.15) is 18.1 Å². The Kier molecular flexibility index (Phi) is 15.1. The molecule has 0 bridgehead atoms. The van der Waals surface area contributed by atoms with E-state index >= 15 is 0 Å². The smallest absolute Gasteiger partial charge is 0.319 e. The number of esters is 1. The highest BCUT2D eigenvalue weighted by Crippen LogP contribution is 2.39. The summed E-state index contributed by atoms with van der Waals surface area (Å²) >= 11 is 0. The molecule has 49 heavy (non-hydrogen) atoms. The SMILES string of the molecule is CO[C@]1(C)C[C@@H](C)CN(C)[C@H](C2CCN(C(=O)CCCC(C)C)CC2)COC(=O)C(C)(C)C(=O)[C@H](C)[C@H]1O[C@@H]1O[C@H](C)C[C@H](N(C)C)[C@H]1O. The van der Waals surface area contributed by atoms with Crippen molar-refractivity contribution in [2.24, 2.45) is 29.1 Å². The number of hydrogen-bond acceptors (Lipinski definition) is 10. The highest BCUT2D eigenvalue weighted by atomic mass is 16.7. The van der Waals surface area contributed by atoms with Crippen molar-refractivity contribution in [3.63, 3.8) is 0 Å². The molecule has 3 aliphatic heterocycles. The minimum absolute atomic E-state index is 0.0650. The quantitative estimate of drug-likeness (QED) is 0.275. The van der Waals surface area contributed by atoms with Crippen molar-refractivity contribution in [2.75, 3.05) is 54.5 Å². The summed E-state index contributed by atoms with van der Waals surface area (Å²) in [6.45, 7) is 17.7. The van der Waals surface area contributed by atoms with Crippen LogP contribution in [0.2, 0.25) is 0 Å². The maximum absolute atomic E-state index is 14.3. The second kappa shape index (κ2) is 17.7. The van der Waals surface area contributed by atoms with Gasteiger partial charge in [-0.2, -0.15) is 0 Å². The minimum atomic E-state index is -1.45. The number of hydrogen-bond donors (Lipinski definition) is 1. The third-order valence-corrected chi connectivity index (χ3v) is 11.5. The summed E-state index contributed by atoms with van der Waals surface area (Å²) in [5.74, 6) is -0.493. The molecule has 3 rings (SSSR count). The molecule has 0 radical (unpaired) electrons. The lowest BCUT2D eigenvalue weighted by molar-refractivity contribution is -0.295. The minimum Gasteiger partial charge on any atom is -0.463 e. The number of nitrogens with zero attached hydrogens (tertiary/aromatic N) is 3. The molecule has 0 aliphatic carbocycles. The molecule has 3 heterocycles. The molecule has 11 nitrogen and oxygen atoms in total. The fraction of sp³-hybridized carbons (Fsp3) is 0.921. The number of aliphatic hydroxyl groups excluding tert-OH is 1. The number of ketones is 1. The number of cyclic esters (lactones) is 1. The first-order valence-electron chi connectivity index (χ1n) is 18.7. The van der Waals surface area contributed by atoms with Gasteiger partial charge < -0.3 is 33.9 Å². The monoisotopic (exact) mass is 696 g/mol. The summed E-state index contributed by atoms with van der Waals surface area (Å²) in [4.78, 5) is 47.2. The molecular formula is C38H69N3O8. The Morgan fingerprint density at radius 2 is 1.73 bits per heavy atom. The average Bonchev–Trinajstić information content (AvgIpc) is 3.03. The molecule has 3 fully saturated rings. The van der Waals surface area contributed by atoms with E-state index in [9.17, 15) is 19.5 Å². The number of carbonyl (C=O) groups excluding carboxylic acids is 3. The Morgan fingerprint density at radius 1 is 1.10 bits per heavy atom.